The molecule has 0 saturated carbocycles. The zero-order valence-corrected chi connectivity index (χ0v) is 17.5. The summed E-state index contributed by atoms with van der Waals surface area (Å²) in [5.41, 5.74) is 3.65. The highest BCUT2D eigenvalue weighted by atomic mass is 16.5. The lowest BCUT2D eigenvalue weighted by atomic mass is 10.1. The summed E-state index contributed by atoms with van der Waals surface area (Å²) in [6.45, 7) is 4.86. The number of nitrogens with one attached hydrogen (secondary N) is 1. The summed E-state index contributed by atoms with van der Waals surface area (Å²) >= 11 is 0. The molecule has 0 aromatic heterocycles. The van der Waals surface area contributed by atoms with E-state index in [-0.39, 0.29) is 5.91 Å². The van der Waals surface area contributed by atoms with Crippen LogP contribution in [0.1, 0.15) is 36.2 Å². The van der Waals surface area contributed by atoms with Gasteiger partial charge >= 0.3 is 0 Å². The standard InChI is InChI=1S/C22H28N2O5/c1-15(2)8-9-29-20-7-6-17(12-21(20)28-5)22(25)24-23-14-16-10-18(26-3)13-19(11-16)27-4/h6-7,10-15H,8-9H2,1-5H3,(H,24,25)/b23-14+. The Kier molecular flexibility index (Phi) is 8.33. The van der Waals surface area contributed by atoms with Gasteiger partial charge in [-0.2, -0.15) is 5.10 Å². The lowest BCUT2D eigenvalue weighted by Crippen LogP contribution is -2.17. The van der Waals surface area contributed by atoms with Gasteiger partial charge in [-0.1, -0.05) is 13.8 Å². The molecule has 0 atom stereocenters. The molecule has 0 unspecified atom stereocenters. The Morgan fingerprint density at radius 3 is 2.28 bits per heavy atom. The average molecular weight is 400 g/mol. The van der Waals surface area contributed by atoms with Gasteiger partial charge in [0.2, 0.25) is 0 Å². The molecule has 29 heavy (non-hydrogen) atoms. The summed E-state index contributed by atoms with van der Waals surface area (Å²) in [7, 11) is 4.68. The first-order valence-electron chi connectivity index (χ1n) is 9.34. The number of hydrazone groups is 1. The van der Waals surface area contributed by atoms with Crippen LogP contribution in [-0.4, -0.2) is 40.1 Å². The van der Waals surface area contributed by atoms with Gasteiger partial charge in [-0.3, -0.25) is 4.79 Å². The van der Waals surface area contributed by atoms with Gasteiger partial charge in [0.15, 0.2) is 11.5 Å². The predicted molar refractivity (Wildman–Crippen MR) is 113 cm³/mol. The zero-order valence-electron chi connectivity index (χ0n) is 17.5. The van der Waals surface area contributed by atoms with Crippen molar-refractivity contribution in [2.24, 2.45) is 11.0 Å². The van der Waals surface area contributed by atoms with E-state index in [1.807, 2.05) is 0 Å². The minimum atomic E-state index is -0.358. The quantitative estimate of drug-likeness (QED) is 0.483. The first-order valence-corrected chi connectivity index (χ1v) is 9.34. The van der Waals surface area contributed by atoms with Gasteiger partial charge in [0.1, 0.15) is 11.5 Å². The van der Waals surface area contributed by atoms with E-state index < -0.39 is 0 Å². The number of rotatable bonds is 10. The molecule has 156 valence electrons. The van der Waals surface area contributed by atoms with Crippen molar-refractivity contribution in [3.05, 3.63) is 47.5 Å². The molecule has 1 amide bonds. The maximum atomic E-state index is 12.4. The van der Waals surface area contributed by atoms with Gasteiger partial charge in [0, 0.05) is 17.2 Å². The first kappa shape index (κ1) is 22.1. The molecule has 0 bridgehead atoms. The molecule has 0 radical (unpaired) electrons. The van der Waals surface area contributed by atoms with E-state index in [9.17, 15) is 4.79 Å². The predicted octanol–water partition coefficient (Wildman–Crippen LogP) is 3.90. The number of hydrogen-bond acceptors (Lipinski definition) is 6. The van der Waals surface area contributed by atoms with Gasteiger partial charge in [0.05, 0.1) is 34.2 Å². The Morgan fingerprint density at radius 1 is 1.00 bits per heavy atom. The van der Waals surface area contributed by atoms with E-state index in [1.54, 1.807) is 57.7 Å². The van der Waals surface area contributed by atoms with Crippen LogP contribution in [0.3, 0.4) is 0 Å². The van der Waals surface area contributed by atoms with Crippen LogP contribution in [0.25, 0.3) is 0 Å². The summed E-state index contributed by atoms with van der Waals surface area (Å²) in [6.07, 6.45) is 2.46. The molecule has 7 heteroatoms. The van der Waals surface area contributed by atoms with E-state index in [0.29, 0.717) is 41.1 Å². The van der Waals surface area contributed by atoms with Gasteiger partial charge in [-0.15, -0.1) is 0 Å². The summed E-state index contributed by atoms with van der Waals surface area (Å²) in [5, 5.41) is 4.01. The fourth-order valence-corrected chi connectivity index (χ4v) is 2.47. The highest BCUT2D eigenvalue weighted by molar-refractivity contribution is 5.95. The normalized spacial score (nSPS) is 10.8. The smallest absolute Gasteiger partial charge is 0.271 e. The number of carbonyl (C=O) groups excluding carboxylic acids is 1. The van der Waals surface area contributed by atoms with Crippen LogP contribution < -0.4 is 24.4 Å². The molecule has 0 fully saturated rings. The van der Waals surface area contributed by atoms with Gasteiger partial charge in [-0.25, -0.2) is 5.43 Å². The molecule has 0 heterocycles. The highest BCUT2D eigenvalue weighted by Gasteiger charge is 2.11. The Hall–Kier alpha value is -3.22. The number of ether oxygens (including phenoxy) is 4. The van der Waals surface area contributed by atoms with E-state index >= 15 is 0 Å². The molecule has 1 N–H and O–H groups in total. The van der Waals surface area contributed by atoms with Gasteiger partial charge in [0.25, 0.3) is 5.91 Å². The van der Waals surface area contributed by atoms with E-state index in [4.69, 9.17) is 18.9 Å². The second-order valence-electron chi connectivity index (χ2n) is 6.74. The maximum absolute atomic E-state index is 12.4. The van der Waals surface area contributed by atoms with Crippen LogP contribution in [0.4, 0.5) is 0 Å². The fraction of sp³-hybridized carbons (Fsp3) is 0.364. The van der Waals surface area contributed by atoms with Gasteiger partial charge < -0.3 is 18.9 Å². The van der Waals surface area contributed by atoms with Crippen molar-refractivity contribution in [1.29, 1.82) is 0 Å². The first-order chi connectivity index (χ1) is 14.0. The second kappa shape index (κ2) is 10.9. The molecular weight excluding hydrogens is 372 g/mol. The Morgan fingerprint density at radius 2 is 1.69 bits per heavy atom. The minimum absolute atomic E-state index is 0.358. The third kappa shape index (κ3) is 6.71. The van der Waals surface area contributed by atoms with Crippen molar-refractivity contribution in [3.8, 4) is 23.0 Å². The van der Waals surface area contributed by atoms with Crippen LogP contribution in [0.2, 0.25) is 0 Å². The number of methoxy groups -OCH3 is 3. The van der Waals surface area contributed by atoms with Crippen molar-refractivity contribution < 1.29 is 23.7 Å². The molecule has 0 aliphatic heterocycles. The number of hydrogen-bond donors (Lipinski definition) is 1. The third-order valence-corrected chi connectivity index (χ3v) is 4.13. The van der Waals surface area contributed by atoms with Crippen LogP contribution in [-0.2, 0) is 0 Å². The Labute approximate surface area is 171 Å². The molecule has 2 aromatic carbocycles. The van der Waals surface area contributed by atoms with Crippen molar-refractivity contribution in [3.63, 3.8) is 0 Å². The second-order valence-corrected chi connectivity index (χ2v) is 6.74. The van der Waals surface area contributed by atoms with Crippen LogP contribution in [0, 0.1) is 5.92 Å². The van der Waals surface area contributed by atoms with Crippen molar-refractivity contribution in [2.45, 2.75) is 20.3 Å². The molecular formula is C22H28N2O5. The number of benzene rings is 2. The summed E-state index contributed by atoms with van der Waals surface area (Å²) in [6, 6.07) is 10.4. The third-order valence-electron chi connectivity index (χ3n) is 4.13. The lowest BCUT2D eigenvalue weighted by molar-refractivity contribution is 0.0954. The SMILES string of the molecule is COc1cc(/C=N/NC(=O)c2ccc(OCCC(C)C)c(OC)c2)cc(OC)c1. The summed E-state index contributed by atoms with van der Waals surface area (Å²) in [4.78, 5) is 12.4. The average Bonchev–Trinajstić information content (AvgIpc) is 2.73. The molecule has 0 spiro atoms. The number of nitrogens with zero attached hydrogens (tertiary/aromatic N) is 1. The van der Waals surface area contributed by atoms with Crippen LogP contribution in [0.15, 0.2) is 41.5 Å². The van der Waals surface area contributed by atoms with Crippen LogP contribution in [0.5, 0.6) is 23.0 Å². The largest absolute Gasteiger partial charge is 0.497 e. The highest BCUT2D eigenvalue weighted by Crippen LogP contribution is 2.28. The number of amides is 1. The maximum Gasteiger partial charge on any atom is 0.271 e. The monoisotopic (exact) mass is 400 g/mol. The fourth-order valence-electron chi connectivity index (χ4n) is 2.47. The summed E-state index contributed by atoms with van der Waals surface area (Å²) < 4.78 is 21.5. The molecule has 0 aliphatic carbocycles. The molecule has 2 aromatic rings. The van der Waals surface area contributed by atoms with E-state index in [2.05, 4.69) is 24.4 Å². The van der Waals surface area contributed by atoms with Crippen LogP contribution >= 0.6 is 0 Å². The molecule has 0 saturated heterocycles. The topological polar surface area (TPSA) is 78.4 Å². The van der Waals surface area contributed by atoms with Crippen molar-refractivity contribution in [1.82, 2.24) is 5.43 Å². The van der Waals surface area contributed by atoms with Crippen molar-refractivity contribution >= 4 is 12.1 Å². The van der Waals surface area contributed by atoms with E-state index in [1.165, 1.54) is 6.21 Å². The Bertz CT molecular complexity index is 827. The Balaban J connectivity index is 2.04. The van der Waals surface area contributed by atoms with Gasteiger partial charge in [-0.05, 0) is 42.7 Å². The number of carbonyl (C=O) groups is 1. The molecule has 0 aliphatic rings. The molecule has 2 rings (SSSR count). The molecule has 7 nitrogen and oxygen atoms in total. The van der Waals surface area contributed by atoms with E-state index in [0.717, 1.165) is 12.0 Å². The zero-order chi connectivity index (χ0) is 21.2. The lowest BCUT2D eigenvalue weighted by Gasteiger charge is -2.12. The minimum Gasteiger partial charge on any atom is -0.497 e. The summed E-state index contributed by atoms with van der Waals surface area (Å²) in [5.74, 6) is 2.57. The van der Waals surface area contributed by atoms with Crippen molar-refractivity contribution in [2.75, 3.05) is 27.9 Å².